The second-order valence-corrected chi connectivity index (χ2v) is 10.4. The fourth-order valence-electron chi connectivity index (χ4n) is 5.33. The Labute approximate surface area is 237 Å². The average Bonchev–Trinajstić information content (AvgIpc) is 3.26. The molecule has 8 nitrogen and oxygen atoms in total. The molecule has 1 aliphatic carbocycles. The van der Waals surface area contributed by atoms with Crippen molar-refractivity contribution in [1.82, 2.24) is 4.57 Å². The zero-order valence-corrected chi connectivity index (χ0v) is 22.6. The van der Waals surface area contributed by atoms with E-state index in [9.17, 15) is 14.4 Å². The van der Waals surface area contributed by atoms with Crippen LogP contribution in [0.2, 0.25) is 0 Å². The summed E-state index contributed by atoms with van der Waals surface area (Å²) in [5, 5.41) is 13.9. The number of carbonyl (C=O) groups is 1. The van der Waals surface area contributed by atoms with Gasteiger partial charge in [-0.2, -0.15) is 5.26 Å². The second kappa shape index (κ2) is 11.6. The molecule has 9 heteroatoms. The van der Waals surface area contributed by atoms with E-state index in [4.69, 9.17) is 18.9 Å². The number of ether oxygens (including phenoxy) is 4. The van der Waals surface area contributed by atoms with E-state index in [1.165, 1.54) is 12.1 Å². The molecule has 3 aromatic carbocycles. The number of fused-ring (bicyclic) bond motifs is 1. The van der Waals surface area contributed by atoms with Crippen molar-refractivity contribution >= 4 is 22.7 Å². The van der Waals surface area contributed by atoms with Gasteiger partial charge < -0.3 is 23.5 Å². The zero-order chi connectivity index (χ0) is 28.3. The fourth-order valence-corrected chi connectivity index (χ4v) is 5.33. The smallest absolute Gasteiger partial charge is 0.412 e. The molecule has 4 aromatic rings. The summed E-state index contributed by atoms with van der Waals surface area (Å²) in [4.78, 5) is 12.5. The first-order valence-electron chi connectivity index (χ1n) is 13.7. The van der Waals surface area contributed by atoms with Crippen LogP contribution in [0.15, 0.2) is 66.7 Å². The van der Waals surface area contributed by atoms with Gasteiger partial charge in [0.2, 0.25) is 0 Å². The van der Waals surface area contributed by atoms with Gasteiger partial charge in [0, 0.05) is 23.2 Å². The number of benzene rings is 3. The molecule has 2 fully saturated rings. The van der Waals surface area contributed by atoms with Crippen LogP contribution in [0.3, 0.4) is 0 Å². The van der Waals surface area contributed by atoms with Crippen LogP contribution in [-0.2, 0) is 14.2 Å². The minimum atomic E-state index is -0.614. The minimum Gasteiger partial charge on any atom is -0.486 e. The van der Waals surface area contributed by atoms with Crippen LogP contribution in [0.25, 0.3) is 22.2 Å². The lowest BCUT2D eigenvalue weighted by Crippen LogP contribution is -2.33. The van der Waals surface area contributed by atoms with E-state index >= 15 is 0 Å². The Morgan fingerprint density at radius 3 is 2.46 bits per heavy atom. The molecule has 2 heterocycles. The van der Waals surface area contributed by atoms with Crippen LogP contribution < -0.4 is 10.1 Å². The molecule has 0 unspecified atom stereocenters. The lowest BCUT2D eigenvalue weighted by Gasteiger charge is -2.30. The number of hydrogen-bond donors (Lipinski definition) is 1. The van der Waals surface area contributed by atoms with Gasteiger partial charge in [-0.15, -0.1) is 0 Å². The first kappa shape index (κ1) is 26.8. The molecule has 1 N–H and O–H groups in total. The summed E-state index contributed by atoms with van der Waals surface area (Å²) in [6, 6.07) is 21.8. The number of carbonyl (C=O) groups excluding carboxylic acids is 1. The highest BCUT2D eigenvalue weighted by molar-refractivity contribution is 5.96. The van der Waals surface area contributed by atoms with E-state index < -0.39 is 12.2 Å². The first-order chi connectivity index (χ1) is 20.0. The largest absolute Gasteiger partial charge is 0.486 e. The van der Waals surface area contributed by atoms with Crippen molar-refractivity contribution in [3.8, 4) is 23.1 Å². The van der Waals surface area contributed by atoms with E-state index in [1.54, 1.807) is 31.2 Å². The molecular weight excluding hydrogens is 525 g/mol. The first-order valence-corrected chi connectivity index (χ1v) is 13.7. The lowest BCUT2D eigenvalue weighted by atomic mass is 9.92. The normalized spacial score (nSPS) is 16.5. The molecule has 1 amide bonds. The molecule has 1 aromatic heterocycles. The summed E-state index contributed by atoms with van der Waals surface area (Å²) in [6.07, 6.45) is 1.87. The number of nitrogens with one attached hydrogen (secondary N) is 1. The molecule has 41 heavy (non-hydrogen) atoms. The van der Waals surface area contributed by atoms with Crippen molar-refractivity contribution in [1.29, 1.82) is 5.26 Å². The van der Waals surface area contributed by atoms with E-state index in [2.05, 4.69) is 16.0 Å². The molecule has 0 spiro atoms. The molecule has 0 bridgehead atoms. The standard InChI is InChI=1S/C32H30FN3O5/c1-20(21-5-9-23(33)10-6-21)40-32(37)35-24-11-7-22(8-12-24)31-29(16-34)28-14-13-26(41-27-17-38-19-39-18-27)15-30(28)36(31)25-3-2-4-25/h5-15,20,25,27H,2-4,17-19H2,1H3,(H,35,37)/t20-/m1/s1. The van der Waals surface area contributed by atoms with Gasteiger partial charge in [-0.25, -0.2) is 9.18 Å². The summed E-state index contributed by atoms with van der Waals surface area (Å²) in [7, 11) is 0. The van der Waals surface area contributed by atoms with Crippen molar-refractivity contribution < 1.29 is 28.1 Å². The Morgan fingerprint density at radius 2 is 1.80 bits per heavy atom. The second-order valence-electron chi connectivity index (χ2n) is 10.4. The lowest BCUT2D eigenvalue weighted by molar-refractivity contribution is -0.143. The van der Waals surface area contributed by atoms with Crippen molar-refractivity contribution in [2.24, 2.45) is 0 Å². The number of halogens is 1. The number of nitrogens with zero attached hydrogens (tertiary/aromatic N) is 2. The number of amides is 1. The third kappa shape index (κ3) is 5.62. The number of nitriles is 1. The fraction of sp³-hybridized carbons (Fsp3) is 0.312. The van der Waals surface area contributed by atoms with Gasteiger partial charge in [0.25, 0.3) is 0 Å². The summed E-state index contributed by atoms with van der Waals surface area (Å²) in [5.74, 6) is 0.360. The number of rotatable bonds is 7. The highest BCUT2D eigenvalue weighted by atomic mass is 19.1. The highest BCUT2D eigenvalue weighted by Gasteiger charge is 2.28. The van der Waals surface area contributed by atoms with Crippen molar-refractivity contribution in [3.63, 3.8) is 0 Å². The Morgan fingerprint density at radius 1 is 1.07 bits per heavy atom. The van der Waals surface area contributed by atoms with Gasteiger partial charge in [0.05, 0.1) is 30.0 Å². The maximum absolute atomic E-state index is 13.2. The molecule has 1 saturated heterocycles. The van der Waals surface area contributed by atoms with Crippen LogP contribution in [0.4, 0.5) is 14.9 Å². The van der Waals surface area contributed by atoms with Gasteiger partial charge in [-0.3, -0.25) is 5.32 Å². The SMILES string of the molecule is C[C@@H](OC(=O)Nc1ccc(-c2c(C#N)c3ccc(OC4COCOC4)cc3n2C2CCC2)cc1)c1ccc(F)cc1. The van der Waals surface area contributed by atoms with Gasteiger partial charge >= 0.3 is 6.09 Å². The van der Waals surface area contributed by atoms with Crippen LogP contribution >= 0.6 is 0 Å². The molecule has 6 rings (SSSR count). The quantitative estimate of drug-likeness (QED) is 0.261. The topological polar surface area (TPSA) is 94.7 Å². The Bertz CT molecular complexity index is 1580. The Kier molecular flexibility index (Phi) is 7.59. The van der Waals surface area contributed by atoms with Gasteiger partial charge in [0.15, 0.2) is 0 Å². The average molecular weight is 556 g/mol. The number of anilines is 1. The zero-order valence-electron chi connectivity index (χ0n) is 22.6. The summed E-state index contributed by atoms with van der Waals surface area (Å²) >= 11 is 0. The molecule has 210 valence electrons. The van der Waals surface area contributed by atoms with E-state index in [-0.39, 0.29) is 24.8 Å². The van der Waals surface area contributed by atoms with Crippen LogP contribution in [0.1, 0.15) is 49.5 Å². The molecule has 1 saturated carbocycles. The summed E-state index contributed by atoms with van der Waals surface area (Å²) < 4.78 is 37.8. The van der Waals surface area contributed by atoms with Crippen LogP contribution in [0.5, 0.6) is 5.75 Å². The predicted octanol–water partition coefficient (Wildman–Crippen LogP) is 7.11. The minimum absolute atomic E-state index is 0.186. The van der Waals surface area contributed by atoms with E-state index in [0.29, 0.717) is 35.8 Å². The number of hydrogen-bond acceptors (Lipinski definition) is 6. The highest BCUT2D eigenvalue weighted by Crippen LogP contribution is 2.43. The van der Waals surface area contributed by atoms with E-state index in [0.717, 1.165) is 41.4 Å². The van der Waals surface area contributed by atoms with Crippen LogP contribution in [-0.4, -0.2) is 36.8 Å². The van der Waals surface area contributed by atoms with Crippen molar-refractivity contribution in [3.05, 3.63) is 83.7 Å². The van der Waals surface area contributed by atoms with Gasteiger partial charge in [-0.1, -0.05) is 24.3 Å². The summed E-state index contributed by atoms with van der Waals surface area (Å²) in [5.41, 5.74) is 4.54. The van der Waals surface area contributed by atoms with Crippen molar-refractivity contribution in [2.75, 3.05) is 25.3 Å². The molecular formula is C32H30FN3O5. The Balaban J connectivity index is 1.25. The van der Waals surface area contributed by atoms with Gasteiger partial charge in [-0.05, 0) is 73.7 Å². The third-order valence-corrected chi connectivity index (χ3v) is 7.63. The predicted molar refractivity (Wildman–Crippen MR) is 151 cm³/mol. The maximum atomic E-state index is 13.2. The molecule has 2 aliphatic rings. The molecule has 1 aliphatic heterocycles. The third-order valence-electron chi connectivity index (χ3n) is 7.63. The monoisotopic (exact) mass is 555 g/mol. The van der Waals surface area contributed by atoms with E-state index in [1.807, 2.05) is 30.3 Å². The Hall–Kier alpha value is -4.39. The maximum Gasteiger partial charge on any atom is 0.412 e. The van der Waals surface area contributed by atoms with Gasteiger partial charge in [0.1, 0.15) is 36.6 Å². The summed E-state index contributed by atoms with van der Waals surface area (Å²) in [6.45, 7) is 2.94. The molecule has 0 radical (unpaired) electrons. The number of aromatic nitrogens is 1. The molecule has 1 atom stereocenters. The van der Waals surface area contributed by atoms with Crippen molar-refractivity contribution in [2.45, 2.75) is 44.4 Å². The van der Waals surface area contributed by atoms with Crippen LogP contribution in [0, 0.1) is 17.1 Å².